The van der Waals surface area contributed by atoms with Crippen molar-refractivity contribution >= 4 is 0 Å². The van der Waals surface area contributed by atoms with Crippen LogP contribution in [0.5, 0.6) is 5.75 Å². The van der Waals surface area contributed by atoms with Gasteiger partial charge in [0.15, 0.2) is 0 Å². The molecule has 2 atom stereocenters. The fraction of sp³-hybridized carbons (Fsp3) is 0.619. The van der Waals surface area contributed by atoms with Crippen LogP contribution in [0.1, 0.15) is 57.9 Å². The molecule has 0 spiro atoms. The van der Waals surface area contributed by atoms with Gasteiger partial charge in [-0.3, -0.25) is 0 Å². The Bertz CT molecular complexity index is 523. The number of ether oxygens (including phenoxy) is 2. The molecule has 126 valence electrons. The molecule has 2 nitrogen and oxygen atoms in total. The minimum absolute atomic E-state index is 0.0841. The van der Waals surface area contributed by atoms with E-state index in [9.17, 15) is 0 Å². The molecule has 2 aliphatic rings. The van der Waals surface area contributed by atoms with E-state index < -0.39 is 0 Å². The second kappa shape index (κ2) is 7.09. The summed E-state index contributed by atoms with van der Waals surface area (Å²) in [5.74, 6) is 1.68. The van der Waals surface area contributed by atoms with Crippen molar-refractivity contribution in [1.82, 2.24) is 0 Å². The van der Waals surface area contributed by atoms with Crippen LogP contribution in [-0.4, -0.2) is 19.3 Å². The molecule has 1 saturated carbocycles. The maximum Gasteiger partial charge on any atom is 0.119 e. The first kappa shape index (κ1) is 16.6. The first-order chi connectivity index (χ1) is 11.1. The van der Waals surface area contributed by atoms with E-state index in [1.165, 1.54) is 43.2 Å². The zero-order chi connectivity index (χ0) is 16.3. The maximum absolute atomic E-state index is 5.83. The average Bonchev–Trinajstić information content (AvgIpc) is 3.40. The van der Waals surface area contributed by atoms with Crippen LogP contribution in [0, 0.1) is 5.92 Å². The van der Waals surface area contributed by atoms with Crippen LogP contribution in [0.2, 0.25) is 0 Å². The van der Waals surface area contributed by atoms with E-state index in [4.69, 9.17) is 9.47 Å². The number of allylic oxidation sites excluding steroid dienone is 1. The number of hydrogen-bond donors (Lipinski definition) is 0. The quantitative estimate of drug-likeness (QED) is 0.505. The van der Waals surface area contributed by atoms with E-state index >= 15 is 0 Å². The van der Waals surface area contributed by atoms with Crippen LogP contribution < -0.4 is 4.74 Å². The van der Waals surface area contributed by atoms with Crippen molar-refractivity contribution in [2.24, 2.45) is 5.92 Å². The van der Waals surface area contributed by atoms with Gasteiger partial charge in [-0.1, -0.05) is 50.5 Å². The fourth-order valence-electron chi connectivity index (χ4n) is 3.95. The Hall–Kier alpha value is -1.28. The summed E-state index contributed by atoms with van der Waals surface area (Å²) >= 11 is 0. The largest absolute Gasteiger partial charge is 0.493 e. The third-order valence-corrected chi connectivity index (χ3v) is 5.87. The summed E-state index contributed by atoms with van der Waals surface area (Å²) in [5.41, 5.74) is 2.75. The highest BCUT2D eigenvalue weighted by molar-refractivity contribution is 5.38. The van der Waals surface area contributed by atoms with Gasteiger partial charge in [-0.05, 0) is 43.4 Å². The second-order valence-corrected chi connectivity index (χ2v) is 7.43. The zero-order valence-corrected chi connectivity index (χ0v) is 14.6. The van der Waals surface area contributed by atoms with Crippen LogP contribution >= 0.6 is 0 Å². The molecule has 1 saturated heterocycles. The highest BCUT2D eigenvalue weighted by Crippen LogP contribution is 2.45. The van der Waals surface area contributed by atoms with Gasteiger partial charge in [-0.15, -0.1) is 0 Å². The topological polar surface area (TPSA) is 21.8 Å². The molecule has 0 N–H and O–H groups in total. The van der Waals surface area contributed by atoms with Crippen LogP contribution in [0.3, 0.4) is 0 Å². The Kier molecular flexibility index (Phi) is 5.11. The first-order valence-corrected chi connectivity index (χ1v) is 9.11. The summed E-state index contributed by atoms with van der Waals surface area (Å²) in [5, 5.41) is 0. The van der Waals surface area contributed by atoms with Crippen molar-refractivity contribution in [2.75, 3.05) is 13.2 Å². The average molecular weight is 314 g/mol. The van der Waals surface area contributed by atoms with Gasteiger partial charge >= 0.3 is 0 Å². The number of hydrogen-bond acceptors (Lipinski definition) is 2. The Balaban J connectivity index is 1.69. The molecule has 0 aromatic heterocycles. The van der Waals surface area contributed by atoms with Crippen LogP contribution in [-0.2, 0) is 10.2 Å². The molecule has 23 heavy (non-hydrogen) atoms. The molecular weight excluding hydrogens is 284 g/mol. The predicted molar refractivity (Wildman–Crippen MR) is 95.0 cm³/mol. The lowest BCUT2D eigenvalue weighted by Crippen LogP contribution is -2.34. The minimum Gasteiger partial charge on any atom is -0.493 e. The molecular formula is C21H30O2. The Morgan fingerprint density at radius 1 is 1.22 bits per heavy atom. The summed E-state index contributed by atoms with van der Waals surface area (Å²) in [7, 11) is 0. The number of rotatable bonds is 7. The molecule has 0 bridgehead atoms. The molecule has 1 aliphatic heterocycles. The lowest BCUT2D eigenvalue weighted by Gasteiger charge is -2.41. The van der Waals surface area contributed by atoms with Gasteiger partial charge in [0.05, 0.1) is 19.3 Å². The van der Waals surface area contributed by atoms with Crippen LogP contribution in [0.4, 0.5) is 0 Å². The molecule has 1 heterocycles. The van der Waals surface area contributed by atoms with E-state index in [0.29, 0.717) is 12.0 Å². The standard InChI is InChI=1S/C21H30O2/c1-16(2)21(3,17-7-5-4-6-8-17)18-9-11-19(12-10-18)22-14-13-20-15-23-20/h9-12,17,20H,1,4-8,13-15H2,2-3H3. The van der Waals surface area contributed by atoms with E-state index in [-0.39, 0.29) is 5.41 Å². The monoisotopic (exact) mass is 314 g/mol. The molecule has 1 aromatic carbocycles. The summed E-state index contributed by atoms with van der Waals surface area (Å²) in [6.07, 6.45) is 8.18. The lowest BCUT2D eigenvalue weighted by atomic mass is 9.63. The highest BCUT2D eigenvalue weighted by Gasteiger charge is 2.37. The van der Waals surface area contributed by atoms with Gasteiger partial charge in [0.25, 0.3) is 0 Å². The van der Waals surface area contributed by atoms with E-state index in [1.807, 2.05) is 0 Å². The van der Waals surface area contributed by atoms with Crippen LogP contribution in [0.15, 0.2) is 36.4 Å². The second-order valence-electron chi connectivity index (χ2n) is 7.43. The normalized spacial score (nSPS) is 24.0. The Labute approximate surface area is 140 Å². The third-order valence-electron chi connectivity index (χ3n) is 5.87. The van der Waals surface area contributed by atoms with Gasteiger partial charge in [0.2, 0.25) is 0 Å². The highest BCUT2D eigenvalue weighted by atomic mass is 16.6. The Morgan fingerprint density at radius 2 is 1.87 bits per heavy atom. The Morgan fingerprint density at radius 3 is 2.43 bits per heavy atom. The summed E-state index contributed by atoms with van der Waals surface area (Å²) in [6, 6.07) is 8.72. The fourth-order valence-corrected chi connectivity index (χ4v) is 3.95. The lowest BCUT2D eigenvalue weighted by molar-refractivity contribution is 0.250. The molecule has 2 fully saturated rings. The molecule has 2 heteroatoms. The molecule has 2 unspecified atom stereocenters. The van der Waals surface area contributed by atoms with E-state index in [2.05, 4.69) is 44.7 Å². The molecule has 0 amide bonds. The van der Waals surface area contributed by atoms with Crippen molar-refractivity contribution in [3.05, 3.63) is 42.0 Å². The minimum atomic E-state index is 0.0841. The van der Waals surface area contributed by atoms with Gasteiger partial charge in [0, 0.05) is 11.8 Å². The zero-order valence-electron chi connectivity index (χ0n) is 14.6. The predicted octanol–water partition coefficient (Wildman–Crippen LogP) is 5.27. The molecule has 1 aromatic rings. The first-order valence-electron chi connectivity index (χ1n) is 9.11. The van der Waals surface area contributed by atoms with Crippen molar-refractivity contribution < 1.29 is 9.47 Å². The van der Waals surface area contributed by atoms with Crippen molar-refractivity contribution in [3.63, 3.8) is 0 Å². The van der Waals surface area contributed by atoms with Crippen molar-refractivity contribution in [1.29, 1.82) is 0 Å². The summed E-state index contributed by atoms with van der Waals surface area (Å²) < 4.78 is 11.0. The summed E-state index contributed by atoms with van der Waals surface area (Å²) in [6.45, 7) is 10.5. The van der Waals surface area contributed by atoms with Gasteiger partial charge < -0.3 is 9.47 Å². The van der Waals surface area contributed by atoms with Gasteiger partial charge in [-0.2, -0.15) is 0 Å². The molecule has 0 radical (unpaired) electrons. The van der Waals surface area contributed by atoms with Gasteiger partial charge in [0.1, 0.15) is 5.75 Å². The maximum atomic E-state index is 5.83. The number of epoxide rings is 1. The van der Waals surface area contributed by atoms with E-state index in [1.54, 1.807) is 0 Å². The van der Waals surface area contributed by atoms with E-state index in [0.717, 1.165) is 25.4 Å². The molecule has 1 aliphatic carbocycles. The number of benzene rings is 1. The van der Waals surface area contributed by atoms with Crippen LogP contribution in [0.25, 0.3) is 0 Å². The van der Waals surface area contributed by atoms with Gasteiger partial charge in [-0.25, -0.2) is 0 Å². The molecule has 3 rings (SSSR count). The SMILES string of the molecule is C=C(C)C(C)(c1ccc(OCCC2CO2)cc1)C1CCCCC1. The summed E-state index contributed by atoms with van der Waals surface area (Å²) in [4.78, 5) is 0. The smallest absolute Gasteiger partial charge is 0.119 e. The van der Waals surface area contributed by atoms with Crippen molar-refractivity contribution in [2.45, 2.75) is 63.9 Å². The third kappa shape index (κ3) is 3.80. The van der Waals surface area contributed by atoms with Crippen molar-refractivity contribution in [3.8, 4) is 5.75 Å².